The number of hydrogen-bond acceptors (Lipinski definition) is 0. The third-order valence-electron chi connectivity index (χ3n) is 5.50. The van der Waals surface area contributed by atoms with Gasteiger partial charge in [0.1, 0.15) is 0 Å². The van der Waals surface area contributed by atoms with Crippen molar-refractivity contribution in [3.63, 3.8) is 0 Å². The summed E-state index contributed by atoms with van der Waals surface area (Å²) in [6.45, 7) is 9.08. The maximum Gasteiger partial charge on any atom is 0.0159 e. The molecule has 0 heteroatoms. The molecule has 3 aromatic carbocycles. The summed E-state index contributed by atoms with van der Waals surface area (Å²) in [5, 5.41) is 0. The van der Waals surface area contributed by atoms with Gasteiger partial charge in [0, 0.05) is 5.41 Å². The number of benzene rings is 3. The first-order chi connectivity index (χ1) is 11.0. The number of aryl methyl sites for hydroxylation is 1. The van der Waals surface area contributed by atoms with Crippen molar-refractivity contribution >= 4 is 0 Å². The molecular formula is C23H22. The molecule has 1 aliphatic carbocycles. The van der Waals surface area contributed by atoms with Crippen LogP contribution in [0.2, 0.25) is 0 Å². The predicted molar refractivity (Wildman–Crippen MR) is 98.9 cm³/mol. The predicted octanol–water partition coefficient (Wildman–Crippen LogP) is 6.28. The highest BCUT2D eigenvalue weighted by molar-refractivity contribution is 5.84. The van der Waals surface area contributed by atoms with Crippen molar-refractivity contribution in [2.45, 2.75) is 33.1 Å². The zero-order chi connectivity index (χ0) is 16.2. The van der Waals surface area contributed by atoms with Crippen LogP contribution in [0.3, 0.4) is 0 Å². The van der Waals surface area contributed by atoms with E-state index in [0.29, 0.717) is 0 Å². The van der Waals surface area contributed by atoms with Crippen molar-refractivity contribution in [3.05, 3.63) is 82.9 Å². The highest BCUT2D eigenvalue weighted by atomic mass is 14.4. The van der Waals surface area contributed by atoms with E-state index >= 15 is 0 Å². The lowest BCUT2D eigenvalue weighted by atomic mass is 9.81. The second kappa shape index (κ2) is 4.83. The van der Waals surface area contributed by atoms with Crippen molar-refractivity contribution in [1.29, 1.82) is 0 Å². The second-order valence-corrected chi connectivity index (χ2v) is 7.18. The molecule has 0 spiro atoms. The standard InChI is InChI=1S/C23H22/c1-15-8-7-10-18(16(15)2)17-12-13-20-19-9-5-6-11-21(19)23(3,4)22(20)14-17/h5-14H,1-4H3. The first-order valence-corrected chi connectivity index (χ1v) is 8.31. The topological polar surface area (TPSA) is 0 Å². The van der Waals surface area contributed by atoms with Crippen molar-refractivity contribution in [1.82, 2.24) is 0 Å². The van der Waals surface area contributed by atoms with E-state index in [4.69, 9.17) is 0 Å². The van der Waals surface area contributed by atoms with E-state index in [-0.39, 0.29) is 5.41 Å². The van der Waals surface area contributed by atoms with E-state index in [1.54, 1.807) is 0 Å². The third kappa shape index (κ3) is 1.98. The quantitative estimate of drug-likeness (QED) is 0.496. The minimum absolute atomic E-state index is 0.0691. The Kier molecular flexibility index (Phi) is 2.99. The molecule has 0 unspecified atom stereocenters. The lowest BCUT2D eigenvalue weighted by Crippen LogP contribution is -2.14. The van der Waals surface area contributed by atoms with Gasteiger partial charge in [0.2, 0.25) is 0 Å². The molecule has 0 aliphatic heterocycles. The summed E-state index contributed by atoms with van der Waals surface area (Å²) < 4.78 is 0. The number of rotatable bonds is 1. The van der Waals surface area contributed by atoms with Crippen LogP contribution in [0.25, 0.3) is 22.3 Å². The van der Waals surface area contributed by atoms with E-state index in [0.717, 1.165) is 0 Å². The normalized spacial score (nSPS) is 14.4. The van der Waals surface area contributed by atoms with Gasteiger partial charge in [0.25, 0.3) is 0 Å². The fourth-order valence-corrected chi connectivity index (χ4v) is 3.94. The molecule has 0 N–H and O–H groups in total. The van der Waals surface area contributed by atoms with Crippen molar-refractivity contribution in [3.8, 4) is 22.3 Å². The van der Waals surface area contributed by atoms with Gasteiger partial charge in [-0.3, -0.25) is 0 Å². The first kappa shape index (κ1) is 14.3. The second-order valence-electron chi connectivity index (χ2n) is 7.18. The Morgan fingerprint density at radius 1 is 0.652 bits per heavy atom. The average molecular weight is 298 g/mol. The van der Waals surface area contributed by atoms with Crippen LogP contribution in [-0.4, -0.2) is 0 Å². The molecule has 0 saturated carbocycles. The van der Waals surface area contributed by atoms with Crippen molar-refractivity contribution in [2.75, 3.05) is 0 Å². The van der Waals surface area contributed by atoms with Crippen LogP contribution in [0.15, 0.2) is 60.7 Å². The van der Waals surface area contributed by atoms with Gasteiger partial charge in [-0.05, 0) is 64.4 Å². The van der Waals surface area contributed by atoms with Gasteiger partial charge in [0.05, 0.1) is 0 Å². The summed E-state index contributed by atoms with van der Waals surface area (Å²) >= 11 is 0. The molecule has 0 aromatic heterocycles. The molecule has 0 radical (unpaired) electrons. The molecular weight excluding hydrogens is 276 g/mol. The lowest BCUT2D eigenvalue weighted by molar-refractivity contribution is 0.660. The molecule has 0 fully saturated rings. The smallest absolute Gasteiger partial charge is 0.0159 e. The molecule has 23 heavy (non-hydrogen) atoms. The van der Waals surface area contributed by atoms with Gasteiger partial charge in [0.15, 0.2) is 0 Å². The van der Waals surface area contributed by atoms with Crippen LogP contribution in [0, 0.1) is 13.8 Å². The molecule has 1 aliphatic rings. The Labute approximate surface area is 138 Å². The van der Waals surface area contributed by atoms with Gasteiger partial charge in [-0.15, -0.1) is 0 Å². The van der Waals surface area contributed by atoms with Gasteiger partial charge in [-0.2, -0.15) is 0 Å². The highest BCUT2D eigenvalue weighted by Crippen LogP contribution is 2.49. The van der Waals surface area contributed by atoms with Gasteiger partial charge in [-0.25, -0.2) is 0 Å². The summed E-state index contributed by atoms with van der Waals surface area (Å²) in [5.74, 6) is 0. The van der Waals surface area contributed by atoms with Crippen LogP contribution in [0.5, 0.6) is 0 Å². The van der Waals surface area contributed by atoms with Crippen LogP contribution in [0.1, 0.15) is 36.1 Å². The molecule has 3 aromatic rings. The number of hydrogen-bond donors (Lipinski definition) is 0. The highest BCUT2D eigenvalue weighted by Gasteiger charge is 2.35. The maximum absolute atomic E-state index is 2.40. The Morgan fingerprint density at radius 2 is 1.35 bits per heavy atom. The SMILES string of the molecule is Cc1cccc(-c2ccc3c(c2)C(C)(C)c2ccccc2-3)c1C. The minimum atomic E-state index is 0.0691. The Morgan fingerprint density at radius 3 is 2.17 bits per heavy atom. The number of fused-ring (bicyclic) bond motifs is 3. The van der Waals surface area contributed by atoms with E-state index < -0.39 is 0 Å². The molecule has 114 valence electrons. The van der Waals surface area contributed by atoms with Crippen LogP contribution in [-0.2, 0) is 5.41 Å². The fourth-order valence-electron chi connectivity index (χ4n) is 3.94. The molecule has 0 nitrogen and oxygen atoms in total. The van der Waals surface area contributed by atoms with E-state index in [1.807, 2.05) is 0 Å². The maximum atomic E-state index is 2.40. The summed E-state index contributed by atoms with van der Waals surface area (Å²) in [5.41, 5.74) is 11.1. The molecule has 4 rings (SSSR count). The Balaban J connectivity index is 1.94. The van der Waals surface area contributed by atoms with Crippen LogP contribution >= 0.6 is 0 Å². The van der Waals surface area contributed by atoms with E-state index in [2.05, 4.69) is 88.4 Å². The van der Waals surface area contributed by atoms with E-state index in [1.165, 1.54) is 44.5 Å². The fraction of sp³-hybridized carbons (Fsp3) is 0.217. The van der Waals surface area contributed by atoms with Crippen molar-refractivity contribution in [2.24, 2.45) is 0 Å². The third-order valence-corrected chi connectivity index (χ3v) is 5.50. The summed E-state index contributed by atoms with van der Waals surface area (Å²) in [7, 11) is 0. The van der Waals surface area contributed by atoms with Crippen LogP contribution in [0.4, 0.5) is 0 Å². The monoisotopic (exact) mass is 298 g/mol. The Hall–Kier alpha value is -2.34. The molecule has 0 bridgehead atoms. The Bertz CT molecular complexity index is 913. The first-order valence-electron chi connectivity index (χ1n) is 8.31. The zero-order valence-electron chi connectivity index (χ0n) is 14.3. The van der Waals surface area contributed by atoms with Gasteiger partial charge in [-0.1, -0.05) is 68.4 Å². The summed E-state index contributed by atoms with van der Waals surface area (Å²) in [6.07, 6.45) is 0. The van der Waals surface area contributed by atoms with Gasteiger partial charge >= 0.3 is 0 Å². The van der Waals surface area contributed by atoms with Crippen LogP contribution < -0.4 is 0 Å². The minimum Gasteiger partial charge on any atom is -0.0619 e. The molecule has 0 saturated heterocycles. The molecule has 0 amide bonds. The summed E-state index contributed by atoms with van der Waals surface area (Å²) in [6, 6.07) is 22.4. The summed E-state index contributed by atoms with van der Waals surface area (Å²) in [4.78, 5) is 0. The largest absolute Gasteiger partial charge is 0.0619 e. The zero-order valence-corrected chi connectivity index (χ0v) is 14.3. The van der Waals surface area contributed by atoms with Crippen molar-refractivity contribution < 1.29 is 0 Å². The molecule has 0 heterocycles. The average Bonchev–Trinajstić information content (AvgIpc) is 2.78. The lowest BCUT2D eigenvalue weighted by Gasteiger charge is -2.22. The molecule has 0 atom stereocenters. The van der Waals surface area contributed by atoms with E-state index in [9.17, 15) is 0 Å². The van der Waals surface area contributed by atoms with Gasteiger partial charge < -0.3 is 0 Å².